The number of hydrogen-bond acceptors (Lipinski definition) is 7. The van der Waals surface area contributed by atoms with E-state index in [1.165, 1.54) is 0 Å². The highest BCUT2D eigenvalue weighted by atomic mass is 35.5. The topological polar surface area (TPSA) is 153 Å². The number of sulfonamides is 1. The van der Waals surface area contributed by atoms with E-state index in [1.807, 2.05) is 21.0 Å². The lowest BCUT2D eigenvalue weighted by atomic mass is 10.2. The number of nitrogens with two attached hydrogens (primary N) is 2. The minimum absolute atomic E-state index is 0.0528. The van der Waals surface area contributed by atoms with E-state index in [1.54, 1.807) is 30.3 Å². The second kappa shape index (κ2) is 10.9. The molecular weight excluding hydrogens is 454 g/mol. The van der Waals surface area contributed by atoms with E-state index < -0.39 is 15.9 Å². The van der Waals surface area contributed by atoms with E-state index >= 15 is 0 Å². The molecule has 1 amide bonds. The van der Waals surface area contributed by atoms with Gasteiger partial charge in [0.2, 0.25) is 10.0 Å². The number of unbranched alkanes of at least 4 members (excludes halogenated alkanes) is 1. The van der Waals surface area contributed by atoms with Gasteiger partial charge < -0.3 is 21.3 Å². The highest BCUT2D eigenvalue weighted by Crippen LogP contribution is 2.18. The Morgan fingerprint density at radius 2 is 1.81 bits per heavy atom. The highest BCUT2D eigenvalue weighted by Gasteiger charge is 2.32. The molecule has 0 aliphatic heterocycles. The van der Waals surface area contributed by atoms with Crippen LogP contribution in [0.15, 0.2) is 35.2 Å². The van der Waals surface area contributed by atoms with Gasteiger partial charge in [-0.25, -0.2) is 18.4 Å². The summed E-state index contributed by atoms with van der Waals surface area (Å²) >= 11 is 5.84. The van der Waals surface area contributed by atoms with Crippen LogP contribution in [0, 0.1) is 0 Å². The Hall–Kier alpha value is -2.47. The average Bonchev–Trinajstić information content (AvgIpc) is 2.74. The summed E-state index contributed by atoms with van der Waals surface area (Å²) < 4.78 is 28.9. The number of anilines is 2. The van der Waals surface area contributed by atoms with Crippen LogP contribution >= 0.6 is 11.6 Å². The second-order valence-corrected chi connectivity index (χ2v) is 10.1. The summed E-state index contributed by atoms with van der Waals surface area (Å²) in [6.07, 6.45) is 2.05. The molecule has 2 aromatic rings. The number of rotatable bonds is 11. The van der Waals surface area contributed by atoms with E-state index in [9.17, 15) is 13.2 Å². The molecule has 0 saturated heterocycles. The molecule has 1 heterocycles. The number of halogens is 1. The van der Waals surface area contributed by atoms with Crippen molar-refractivity contribution in [3.63, 3.8) is 0 Å². The van der Waals surface area contributed by atoms with Gasteiger partial charge in [-0.15, -0.1) is 0 Å². The molecule has 0 saturated carbocycles. The Labute approximate surface area is 194 Å². The van der Waals surface area contributed by atoms with Crippen LogP contribution in [0.1, 0.15) is 36.7 Å². The van der Waals surface area contributed by atoms with Gasteiger partial charge in [0.1, 0.15) is 0 Å². The van der Waals surface area contributed by atoms with Crippen LogP contribution < -0.4 is 21.5 Å². The number of nitrogen functional groups attached to an aromatic ring is 2. The third-order valence-electron chi connectivity index (χ3n) is 5.11. The van der Waals surface area contributed by atoms with Gasteiger partial charge in [0.05, 0.1) is 32.1 Å². The lowest BCUT2D eigenvalue weighted by Gasteiger charge is -2.38. The van der Waals surface area contributed by atoms with Crippen molar-refractivity contribution in [2.75, 3.05) is 38.7 Å². The second-order valence-electron chi connectivity index (χ2n) is 7.98. The quantitative estimate of drug-likeness (QED) is 0.279. The molecule has 10 nitrogen and oxygen atoms in total. The molecule has 0 fully saturated rings. The van der Waals surface area contributed by atoms with E-state index in [0.29, 0.717) is 17.4 Å². The predicted molar refractivity (Wildman–Crippen MR) is 125 cm³/mol. The van der Waals surface area contributed by atoms with Crippen LogP contribution in [0.2, 0.25) is 5.15 Å². The molecule has 0 aliphatic rings. The molecule has 0 aliphatic carbocycles. The summed E-state index contributed by atoms with van der Waals surface area (Å²) in [5.41, 5.74) is 11.2. The minimum Gasteiger partial charge on any atom is -0.382 e. The Morgan fingerprint density at radius 1 is 1.16 bits per heavy atom. The minimum atomic E-state index is -3.69. The Kier molecular flexibility index (Phi) is 8.79. The first-order valence-electron chi connectivity index (χ1n) is 10.2. The molecule has 0 bridgehead atoms. The number of aromatic nitrogens is 2. The van der Waals surface area contributed by atoms with Gasteiger partial charge in [-0.2, -0.15) is 4.72 Å². The fourth-order valence-corrected chi connectivity index (χ4v) is 4.64. The van der Waals surface area contributed by atoms with E-state index in [0.717, 1.165) is 12.8 Å². The van der Waals surface area contributed by atoms with Crippen LogP contribution in [0.3, 0.4) is 0 Å². The fourth-order valence-electron chi connectivity index (χ4n) is 3.10. The number of quaternary nitrogens is 1. The maximum Gasteiger partial charge on any atom is 0.273 e. The molecular formula is C20H31ClN7O3S+. The standard InChI is InChI=1S/C20H30ClN7O3S/c1-4-5-11-15(27-32(30,31)14-9-7-6-8-10-14)28(2,3)13-12-24-20(29)16-18(22)26-19(23)17(21)25-16/h6-10,15,27H,4-5,11-13H2,1-3H3,(H4-,22,23,24,26,29)/p+1. The van der Waals surface area contributed by atoms with Crippen molar-refractivity contribution < 1.29 is 17.7 Å². The van der Waals surface area contributed by atoms with Crippen molar-refractivity contribution in [2.24, 2.45) is 0 Å². The molecule has 32 heavy (non-hydrogen) atoms. The van der Waals surface area contributed by atoms with Crippen molar-refractivity contribution in [1.82, 2.24) is 20.0 Å². The van der Waals surface area contributed by atoms with Gasteiger partial charge >= 0.3 is 0 Å². The third kappa shape index (κ3) is 6.76. The number of nitrogens with one attached hydrogen (secondary N) is 2. The first-order valence-corrected chi connectivity index (χ1v) is 12.1. The largest absolute Gasteiger partial charge is 0.382 e. The normalized spacial score (nSPS) is 13.0. The summed E-state index contributed by atoms with van der Waals surface area (Å²) in [7, 11) is 0.136. The molecule has 0 radical (unpaired) electrons. The van der Waals surface area contributed by atoms with Crippen LogP contribution in [0.5, 0.6) is 0 Å². The molecule has 2 rings (SSSR count). The van der Waals surface area contributed by atoms with Crippen molar-refractivity contribution in [3.8, 4) is 0 Å². The zero-order chi connectivity index (χ0) is 23.9. The number of nitrogens with zero attached hydrogens (tertiary/aromatic N) is 3. The monoisotopic (exact) mass is 484 g/mol. The average molecular weight is 485 g/mol. The number of amides is 1. The van der Waals surface area contributed by atoms with Gasteiger partial charge in [0.25, 0.3) is 5.91 Å². The van der Waals surface area contributed by atoms with E-state index in [2.05, 4.69) is 20.0 Å². The van der Waals surface area contributed by atoms with Gasteiger partial charge in [0, 0.05) is 6.42 Å². The molecule has 1 unspecified atom stereocenters. The summed E-state index contributed by atoms with van der Waals surface area (Å²) in [5, 5.41) is 2.63. The first-order chi connectivity index (χ1) is 15.0. The zero-order valence-electron chi connectivity index (χ0n) is 18.5. The van der Waals surface area contributed by atoms with Crippen LogP contribution in [-0.2, 0) is 10.0 Å². The maximum absolute atomic E-state index is 12.9. The zero-order valence-corrected chi connectivity index (χ0v) is 20.1. The van der Waals surface area contributed by atoms with Gasteiger partial charge in [-0.3, -0.25) is 4.79 Å². The Balaban J connectivity index is 2.08. The maximum atomic E-state index is 12.9. The number of carbonyl (C=O) groups excluding carboxylic acids is 1. The van der Waals surface area contributed by atoms with Gasteiger partial charge in [-0.05, 0) is 18.6 Å². The van der Waals surface area contributed by atoms with E-state index in [-0.39, 0.29) is 40.1 Å². The van der Waals surface area contributed by atoms with Crippen LogP contribution in [0.25, 0.3) is 0 Å². The summed E-state index contributed by atoms with van der Waals surface area (Å²) in [6, 6.07) is 8.25. The van der Waals surface area contributed by atoms with Crippen molar-refractivity contribution in [3.05, 3.63) is 41.2 Å². The SMILES string of the molecule is CCCCC(NS(=O)(=O)c1ccccc1)[N+](C)(C)CCNC(=O)c1nc(Cl)c(N)nc1N. The molecule has 1 atom stereocenters. The number of benzene rings is 1. The number of likely N-dealkylation sites (N-methyl/N-ethyl adjacent to an activating group) is 1. The lowest BCUT2D eigenvalue weighted by molar-refractivity contribution is -0.916. The van der Waals surface area contributed by atoms with Gasteiger partial charge in [-0.1, -0.05) is 43.1 Å². The van der Waals surface area contributed by atoms with Crippen LogP contribution in [0.4, 0.5) is 11.6 Å². The Bertz CT molecular complexity index is 1030. The molecule has 1 aromatic carbocycles. The van der Waals surface area contributed by atoms with Crippen LogP contribution in [-0.4, -0.2) is 62.1 Å². The number of carbonyl (C=O) groups is 1. The van der Waals surface area contributed by atoms with Crippen molar-refractivity contribution in [1.29, 1.82) is 0 Å². The first kappa shape index (κ1) is 25.8. The van der Waals surface area contributed by atoms with Crippen molar-refractivity contribution >= 4 is 39.2 Å². The molecule has 1 aromatic heterocycles. The predicted octanol–water partition coefficient (Wildman–Crippen LogP) is 1.60. The third-order valence-corrected chi connectivity index (χ3v) is 6.87. The summed E-state index contributed by atoms with van der Waals surface area (Å²) in [4.78, 5) is 20.4. The Morgan fingerprint density at radius 3 is 2.44 bits per heavy atom. The highest BCUT2D eigenvalue weighted by molar-refractivity contribution is 7.89. The summed E-state index contributed by atoms with van der Waals surface area (Å²) in [5.74, 6) is -0.704. The van der Waals surface area contributed by atoms with Crippen molar-refractivity contribution in [2.45, 2.75) is 37.2 Å². The molecule has 0 spiro atoms. The van der Waals surface area contributed by atoms with Gasteiger partial charge in [0.15, 0.2) is 28.6 Å². The molecule has 6 N–H and O–H groups in total. The number of hydrogen-bond donors (Lipinski definition) is 4. The fraction of sp³-hybridized carbons (Fsp3) is 0.450. The molecule has 176 valence electrons. The smallest absolute Gasteiger partial charge is 0.273 e. The lowest BCUT2D eigenvalue weighted by Crippen LogP contribution is -2.59. The molecule has 12 heteroatoms. The summed E-state index contributed by atoms with van der Waals surface area (Å²) in [6.45, 7) is 2.75. The van der Waals surface area contributed by atoms with E-state index in [4.69, 9.17) is 23.1 Å².